The highest BCUT2D eigenvalue weighted by molar-refractivity contribution is 5.29. The van der Waals surface area contributed by atoms with E-state index in [9.17, 15) is 0 Å². The molecule has 0 aliphatic heterocycles. The summed E-state index contributed by atoms with van der Waals surface area (Å²) in [6, 6.07) is 0. The number of aromatic nitrogens is 2. The lowest BCUT2D eigenvalue weighted by molar-refractivity contribution is 0.256. The predicted molar refractivity (Wildman–Crippen MR) is 75.7 cm³/mol. The largest absolute Gasteiger partial charge is 0.372 e. The Kier molecular flexibility index (Phi) is 6.60. The topological polar surface area (TPSA) is 44.3 Å². The Morgan fingerprint density at radius 1 is 1.17 bits per heavy atom. The summed E-state index contributed by atoms with van der Waals surface area (Å²) in [4.78, 5) is 13.3. The molecule has 0 fully saturated rings. The average Bonchev–Trinajstić information content (AvgIpc) is 2.38. The monoisotopic (exact) mass is 251 g/mol. The molecule has 0 aliphatic carbocycles. The molecule has 1 aromatic heterocycles. The minimum Gasteiger partial charge on any atom is -0.372 e. The Morgan fingerprint density at radius 3 is 2.44 bits per heavy atom. The molecule has 1 N–H and O–H groups in total. The SMILES string of the molecule is CCN(CCCN(C)C)Cc1cnc(NC)cn1. The first-order valence-corrected chi connectivity index (χ1v) is 6.51. The highest BCUT2D eigenvalue weighted by atomic mass is 15.1. The van der Waals surface area contributed by atoms with Gasteiger partial charge in [-0.2, -0.15) is 0 Å². The first-order chi connectivity index (χ1) is 8.65. The van der Waals surface area contributed by atoms with Crippen LogP contribution in [0.3, 0.4) is 0 Å². The summed E-state index contributed by atoms with van der Waals surface area (Å²) < 4.78 is 0. The van der Waals surface area contributed by atoms with Crippen LogP contribution in [0.4, 0.5) is 5.82 Å². The summed E-state index contributed by atoms with van der Waals surface area (Å²) in [5, 5.41) is 2.98. The molecule has 102 valence electrons. The third-order valence-corrected chi connectivity index (χ3v) is 2.87. The van der Waals surface area contributed by atoms with E-state index in [1.807, 2.05) is 13.2 Å². The molecule has 1 heterocycles. The van der Waals surface area contributed by atoms with Gasteiger partial charge in [0.2, 0.25) is 0 Å². The molecule has 0 amide bonds. The van der Waals surface area contributed by atoms with E-state index in [0.29, 0.717) is 0 Å². The van der Waals surface area contributed by atoms with Crippen molar-refractivity contribution in [3.05, 3.63) is 18.1 Å². The van der Waals surface area contributed by atoms with Gasteiger partial charge in [0.15, 0.2) is 0 Å². The minimum absolute atomic E-state index is 0.814. The normalized spacial score (nSPS) is 11.2. The van der Waals surface area contributed by atoms with Crippen LogP contribution in [0.1, 0.15) is 19.0 Å². The third-order valence-electron chi connectivity index (χ3n) is 2.87. The summed E-state index contributed by atoms with van der Waals surface area (Å²) in [7, 11) is 6.07. The number of anilines is 1. The van der Waals surface area contributed by atoms with Crippen molar-refractivity contribution in [3.63, 3.8) is 0 Å². The zero-order chi connectivity index (χ0) is 13.4. The molecule has 5 heteroatoms. The van der Waals surface area contributed by atoms with Crippen molar-refractivity contribution in [1.29, 1.82) is 0 Å². The van der Waals surface area contributed by atoms with Gasteiger partial charge in [-0.15, -0.1) is 0 Å². The summed E-state index contributed by atoms with van der Waals surface area (Å²) in [6.07, 6.45) is 4.81. The van der Waals surface area contributed by atoms with Gasteiger partial charge in [-0.3, -0.25) is 9.88 Å². The molecular weight excluding hydrogens is 226 g/mol. The van der Waals surface area contributed by atoms with Gasteiger partial charge in [0, 0.05) is 13.6 Å². The Balaban J connectivity index is 2.41. The molecule has 1 aromatic rings. The second-order valence-electron chi connectivity index (χ2n) is 4.67. The van der Waals surface area contributed by atoms with Gasteiger partial charge >= 0.3 is 0 Å². The number of nitrogens with zero attached hydrogens (tertiary/aromatic N) is 4. The van der Waals surface area contributed by atoms with Gasteiger partial charge in [0.1, 0.15) is 5.82 Å². The fourth-order valence-corrected chi connectivity index (χ4v) is 1.75. The Morgan fingerprint density at radius 2 is 1.94 bits per heavy atom. The van der Waals surface area contributed by atoms with Crippen molar-refractivity contribution in [3.8, 4) is 0 Å². The zero-order valence-corrected chi connectivity index (χ0v) is 12.0. The van der Waals surface area contributed by atoms with Crippen LogP contribution in [0, 0.1) is 0 Å². The van der Waals surface area contributed by atoms with Crippen LogP contribution in [-0.2, 0) is 6.54 Å². The van der Waals surface area contributed by atoms with E-state index in [1.54, 1.807) is 6.20 Å². The highest BCUT2D eigenvalue weighted by Gasteiger charge is 2.05. The van der Waals surface area contributed by atoms with Crippen molar-refractivity contribution >= 4 is 5.82 Å². The standard InChI is InChI=1S/C13H25N5/c1-5-18(8-6-7-17(3)4)11-12-9-16-13(14-2)10-15-12/h9-10H,5-8,11H2,1-4H3,(H,14,16). The molecule has 1 rings (SSSR count). The highest BCUT2D eigenvalue weighted by Crippen LogP contribution is 2.04. The Hall–Kier alpha value is -1.20. The van der Waals surface area contributed by atoms with E-state index < -0.39 is 0 Å². The van der Waals surface area contributed by atoms with E-state index >= 15 is 0 Å². The molecule has 0 spiro atoms. The average molecular weight is 251 g/mol. The van der Waals surface area contributed by atoms with Gasteiger partial charge < -0.3 is 10.2 Å². The van der Waals surface area contributed by atoms with Gasteiger partial charge in [-0.25, -0.2) is 4.98 Å². The lowest BCUT2D eigenvalue weighted by Crippen LogP contribution is -2.27. The first kappa shape index (κ1) is 14.9. The summed E-state index contributed by atoms with van der Waals surface area (Å²) >= 11 is 0. The summed E-state index contributed by atoms with van der Waals surface area (Å²) in [5.41, 5.74) is 1.03. The molecule has 0 saturated carbocycles. The zero-order valence-electron chi connectivity index (χ0n) is 12.0. The number of nitrogens with one attached hydrogen (secondary N) is 1. The maximum Gasteiger partial charge on any atom is 0.144 e. The summed E-state index contributed by atoms with van der Waals surface area (Å²) in [6.45, 7) is 6.33. The number of hydrogen-bond donors (Lipinski definition) is 1. The molecule has 0 aromatic carbocycles. The smallest absolute Gasteiger partial charge is 0.144 e. The third kappa shape index (κ3) is 5.42. The molecule has 0 saturated heterocycles. The van der Waals surface area contributed by atoms with Crippen LogP contribution in [0.25, 0.3) is 0 Å². The van der Waals surface area contributed by atoms with E-state index in [1.165, 1.54) is 6.42 Å². The maximum atomic E-state index is 4.40. The molecule has 18 heavy (non-hydrogen) atoms. The molecule has 0 unspecified atom stereocenters. The predicted octanol–water partition coefficient (Wildman–Crippen LogP) is 1.29. The fraction of sp³-hybridized carbons (Fsp3) is 0.692. The van der Waals surface area contributed by atoms with E-state index in [0.717, 1.165) is 37.7 Å². The minimum atomic E-state index is 0.814. The van der Waals surface area contributed by atoms with Crippen molar-refractivity contribution < 1.29 is 0 Å². The van der Waals surface area contributed by atoms with Crippen LogP contribution in [-0.4, -0.2) is 60.5 Å². The van der Waals surface area contributed by atoms with Gasteiger partial charge in [0.05, 0.1) is 18.1 Å². The molecule has 0 bridgehead atoms. The van der Waals surface area contributed by atoms with Crippen molar-refractivity contribution in [2.24, 2.45) is 0 Å². The Labute approximate surface area is 110 Å². The van der Waals surface area contributed by atoms with Crippen molar-refractivity contribution in [2.75, 3.05) is 46.1 Å². The molecule has 0 radical (unpaired) electrons. The van der Waals surface area contributed by atoms with Gasteiger partial charge in [-0.05, 0) is 40.2 Å². The second kappa shape index (κ2) is 8.00. The fourth-order valence-electron chi connectivity index (χ4n) is 1.75. The van der Waals surface area contributed by atoms with Gasteiger partial charge in [-0.1, -0.05) is 6.92 Å². The van der Waals surface area contributed by atoms with Crippen LogP contribution in [0.5, 0.6) is 0 Å². The Bertz CT molecular complexity index is 323. The number of rotatable bonds is 8. The van der Waals surface area contributed by atoms with Gasteiger partial charge in [0.25, 0.3) is 0 Å². The lowest BCUT2D eigenvalue weighted by Gasteiger charge is -2.20. The van der Waals surface area contributed by atoms with Crippen LogP contribution in [0.15, 0.2) is 12.4 Å². The lowest BCUT2D eigenvalue weighted by atomic mass is 10.3. The van der Waals surface area contributed by atoms with Crippen LogP contribution >= 0.6 is 0 Å². The van der Waals surface area contributed by atoms with Crippen molar-refractivity contribution in [1.82, 2.24) is 19.8 Å². The van der Waals surface area contributed by atoms with E-state index in [2.05, 4.69) is 46.1 Å². The van der Waals surface area contributed by atoms with Crippen molar-refractivity contribution in [2.45, 2.75) is 19.9 Å². The number of hydrogen-bond acceptors (Lipinski definition) is 5. The second-order valence-corrected chi connectivity index (χ2v) is 4.67. The summed E-state index contributed by atoms with van der Waals surface area (Å²) in [5.74, 6) is 0.814. The van der Waals surface area contributed by atoms with Crippen LogP contribution < -0.4 is 5.32 Å². The molecular formula is C13H25N5. The molecule has 5 nitrogen and oxygen atoms in total. The quantitative estimate of drug-likeness (QED) is 0.754. The van der Waals surface area contributed by atoms with Crippen LogP contribution in [0.2, 0.25) is 0 Å². The maximum absolute atomic E-state index is 4.40. The van der Waals surface area contributed by atoms with E-state index in [4.69, 9.17) is 0 Å². The first-order valence-electron chi connectivity index (χ1n) is 6.51. The molecule has 0 atom stereocenters. The van der Waals surface area contributed by atoms with E-state index in [-0.39, 0.29) is 0 Å². The molecule has 0 aliphatic rings.